The SMILES string of the molecule is CN1CCOC(Br)C1. The number of alkyl halides is 1. The maximum atomic E-state index is 5.22. The zero-order valence-electron chi connectivity index (χ0n) is 4.93. The summed E-state index contributed by atoms with van der Waals surface area (Å²) >= 11 is 3.36. The van der Waals surface area contributed by atoms with E-state index in [-0.39, 0.29) is 5.01 Å². The zero-order valence-corrected chi connectivity index (χ0v) is 6.52. The van der Waals surface area contributed by atoms with Gasteiger partial charge in [0.05, 0.1) is 6.61 Å². The Morgan fingerprint density at radius 2 is 2.50 bits per heavy atom. The fourth-order valence-electron chi connectivity index (χ4n) is 0.725. The number of hydrogen-bond acceptors (Lipinski definition) is 2. The van der Waals surface area contributed by atoms with Crippen LogP contribution >= 0.6 is 15.9 Å². The molecule has 0 aromatic rings. The average Bonchev–Trinajstić information content (AvgIpc) is 1.64. The number of morpholine rings is 1. The second-order valence-electron chi connectivity index (χ2n) is 2.04. The Kier molecular flexibility index (Phi) is 2.28. The number of hydrogen-bond donors (Lipinski definition) is 0. The molecule has 1 heterocycles. The number of rotatable bonds is 0. The molecule has 1 saturated heterocycles. The van der Waals surface area contributed by atoms with Gasteiger partial charge in [0.2, 0.25) is 0 Å². The maximum Gasteiger partial charge on any atom is 0.125 e. The topological polar surface area (TPSA) is 12.5 Å². The first-order chi connectivity index (χ1) is 3.79. The summed E-state index contributed by atoms with van der Waals surface area (Å²) in [6, 6.07) is 0. The van der Waals surface area contributed by atoms with E-state index in [2.05, 4.69) is 27.9 Å². The highest BCUT2D eigenvalue weighted by molar-refractivity contribution is 9.09. The van der Waals surface area contributed by atoms with Crippen molar-refractivity contribution >= 4 is 15.9 Å². The summed E-state index contributed by atoms with van der Waals surface area (Å²) in [5.74, 6) is 0. The van der Waals surface area contributed by atoms with Gasteiger partial charge in [0, 0.05) is 13.1 Å². The Labute approximate surface area is 57.9 Å². The lowest BCUT2D eigenvalue weighted by Gasteiger charge is -2.25. The van der Waals surface area contributed by atoms with Crippen LogP contribution in [-0.2, 0) is 4.74 Å². The molecule has 0 bridgehead atoms. The fraction of sp³-hybridized carbons (Fsp3) is 1.00. The van der Waals surface area contributed by atoms with Gasteiger partial charge in [-0.05, 0) is 7.05 Å². The quantitative estimate of drug-likeness (QED) is 0.508. The van der Waals surface area contributed by atoms with Crippen LogP contribution in [0.1, 0.15) is 0 Å². The molecule has 0 spiro atoms. The third-order valence-electron chi connectivity index (χ3n) is 1.23. The zero-order chi connectivity index (χ0) is 5.98. The van der Waals surface area contributed by atoms with E-state index in [0.717, 1.165) is 19.7 Å². The molecule has 1 aliphatic rings. The predicted molar refractivity (Wildman–Crippen MR) is 36.2 cm³/mol. The minimum absolute atomic E-state index is 0.251. The smallest absolute Gasteiger partial charge is 0.125 e. The summed E-state index contributed by atoms with van der Waals surface area (Å²) in [5.41, 5.74) is 0. The van der Waals surface area contributed by atoms with Crippen LogP contribution in [0, 0.1) is 0 Å². The molecule has 2 nitrogen and oxygen atoms in total. The molecule has 0 radical (unpaired) electrons. The maximum absolute atomic E-state index is 5.22. The Balaban J connectivity index is 2.23. The molecule has 0 saturated carbocycles. The van der Waals surface area contributed by atoms with Crippen molar-refractivity contribution in [3.8, 4) is 0 Å². The largest absolute Gasteiger partial charge is 0.364 e. The van der Waals surface area contributed by atoms with Crippen molar-refractivity contribution in [2.75, 3.05) is 26.7 Å². The van der Waals surface area contributed by atoms with Crippen LogP contribution in [0.4, 0.5) is 0 Å². The van der Waals surface area contributed by atoms with Crippen molar-refractivity contribution in [2.24, 2.45) is 0 Å². The van der Waals surface area contributed by atoms with Gasteiger partial charge in [-0.2, -0.15) is 0 Å². The van der Waals surface area contributed by atoms with E-state index in [1.54, 1.807) is 0 Å². The highest BCUT2D eigenvalue weighted by Gasteiger charge is 2.12. The molecule has 0 aromatic carbocycles. The molecule has 1 fully saturated rings. The molecular formula is C5H10BrNO. The molecule has 0 aromatic heterocycles. The van der Waals surface area contributed by atoms with Crippen molar-refractivity contribution in [3.05, 3.63) is 0 Å². The molecule has 1 unspecified atom stereocenters. The Bertz CT molecular complexity index is 70.8. The number of ether oxygens (including phenoxy) is 1. The molecule has 8 heavy (non-hydrogen) atoms. The highest BCUT2D eigenvalue weighted by atomic mass is 79.9. The molecule has 3 heteroatoms. The Morgan fingerprint density at radius 3 is 2.88 bits per heavy atom. The van der Waals surface area contributed by atoms with E-state index < -0.39 is 0 Å². The van der Waals surface area contributed by atoms with Gasteiger partial charge < -0.3 is 9.64 Å². The van der Waals surface area contributed by atoms with Crippen LogP contribution in [0.3, 0.4) is 0 Å². The van der Waals surface area contributed by atoms with Crippen LogP contribution < -0.4 is 0 Å². The van der Waals surface area contributed by atoms with Gasteiger partial charge in [-0.1, -0.05) is 15.9 Å². The highest BCUT2D eigenvalue weighted by Crippen LogP contribution is 2.07. The van der Waals surface area contributed by atoms with E-state index in [9.17, 15) is 0 Å². The monoisotopic (exact) mass is 179 g/mol. The third-order valence-corrected chi connectivity index (χ3v) is 1.78. The van der Waals surface area contributed by atoms with E-state index in [1.165, 1.54) is 0 Å². The number of nitrogens with zero attached hydrogens (tertiary/aromatic N) is 1. The molecule has 0 amide bonds. The molecule has 48 valence electrons. The van der Waals surface area contributed by atoms with Crippen LogP contribution in [0.25, 0.3) is 0 Å². The van der Waals surface area contributed by atoms with Crippen LogP contribution in [0.15, 0.2) is 0 Å². The Morgan fingerprint density at radius 1 is 1.75 bits per heavy atom. The lowest BCUT2D eigenvalue weighted by molar-refractivity contribution is 0.0333. The first-order valence-electron chi connectivity index (χ1n) is 2.73. The van der Waals surface area contributed by atoms with Crippen LogP contribution in [-0.4, -0.2) is 36.7 Å². The lowest BCUT2D eigenvalue weighted by Crippen LogP contribution is -2.36. The first-order valence-corrected chi connectivity index (χ1v) is 3.65. The first kappa shape index (κ1) is 6.52. The number of likely N-dealkylation sites (N-methyl/N-ethyl adjacent to an activating group) is 1. The van der Waals surface area contributed by atoms with E-state index in [1.807, 2.05) is 0 Å². The van der Waals surface area contributed by atoms with E-state index in [0.29, 0.717) is 0 Å². The van der Waals surface area contributed by atoms with Crippen LogP contribution in [0.5, 0.6) is 0 Å². The molecular weight excluding hydrogens is 170 g/mol. The van der Waals surface area contributed by atoms with Crippen LogP contribution in [0.2, 0.25) is 0 Å². The molecule has 1 aliphatic heterocycles. The summed E-state index contributed by atoms with van der Waals surface area (Å²) < 4.78 is 5.22. The van der Waals surface area contributed by atoms with E-state index >= 15 is 0 Å². The van der Waals surface area contributed by atoms with Gasteiger partial charge in [0.1, 0.15) is 5.01 Å². The van der Waals surface area contributed by atoms with Crippen molar-refractivity contribution in [3.63, 3.8) is 0 Å². The summed E-state index contributed by atoms with van der Waals surface area (Å²) in [6.45, 7) is 2.91. The van der Waals surface area contributed by atoms with Gasteiger partial charge in [-0.25, -0.2) is 0 Å². The standard InChI is InChI=1S/C5H10BrNO/c1-7-2-3-8-5(6)4-7/h5H,2-4H2,1H3. The van der Waals surface area contributed by atoms with Gasteiger partial charge in [-0.15, -0.1) is 0 Å². The summed E-state index contributed by atoms with van der Waals surface area (Å²) in [4.78, 5) is 2.24. The molecule has 1 atom stereocenters. The second kappa shape index (κ2) is 2.80. The lowest BCUT2D eigenvalue weighted by atomic mass is 10.5. The normalized spacial score (nSPS) is 33.0. The Hall–Kier alpha value is 0.400. The van der Waals surface area contributed by atoms with Crippen molar-refractivity contribution in [2.45, 2.75) is 5.01 Å². The fourth-order valence-corrected chi connectivity index (χ4v) is 1.41. The second-order valence-corrected chi connectivity index (χ2v) is 3.06. The summed E-state index contributed by atoms with van der Waals surface area (Å²) in [6.07, 6.45) is 0. The van der Waals surface area contributed by atoms with Crippen molar-refractivity contribution in [1.29, 1.82) is 0 Å². The van der Waals surface area contributed by atoms with E-state index in [4.69, 9.17) is 4.74 Å². The third kappa shape index (κ3) is 1.73. The minimum Gasteiger partial charge on any atom is -0.364 e. The number of halogens is 1. The van der Waals surface area contributed by atoms with Gasteiger partial charge in [0.25, 0.3) is 0 Å². The summed E-state index contributed by atoms with van der Waals surface area (Å²) in [5, 5.41) is 0.251. The van der Waals surface area contributed by atoms with Crippen molar-refractivity contribution in [1.82, 2.24) is 4.90 Å². The molecule has 0 aliphatic carbocycles. The van der Waals surface area contributed by atoms with Gasteiger partial charge in [0.15, 0.2) is 0 Å². The molecule has 1 rings (SSSR count). The minimum atomic E-state index is 0.251. The van der Waals surface area contributed by atoms with Gasteiger partial charge in [-0.3, -0.25) is 0 Å². The average molecular weight is 180 g/mol. The van der Waals surface area contributed by atoms with Gasteiger partial charge >= 0.3 is 0 Å². The summed E-state index contributed by atoms with van der Waals surface area (Å²) in [7, 11) is 2.09. The molecule has 0 N–H and O–H groups in total. The van der Waals surface area contributed by atoms with Crippen molar-refractivity contribution < 1.29 is 4.74 Å². The predicted octanol–water partition coefficient (Wildman–Crippen LogP) is 0.669.